The third kappa shape index (κ3) is 3.64. The molecular weight excluding hydrogens is 242 g/mol. The van der Waals surface area contributed by atoms with Crippen LogP contribution < -0.4 is 5.73 Å². The predicted octanol–water partition coefficient (Wildman–Crippen LogP) is 1.74. The first-order valence-corrected chi connectivity index (χ1v) is 6.82. The lowest BCUT2D eigenvalue weighted by Crippen LogP contribution is -2.16. The first kappa shape index (κ1) is 13.7. The Hall–Kier alpha value is -1.69. The van der Waals surface area contributed by atoms with Crippen LogP contribution in [-0.4, -0.2) is 31.0 Å². The molecule has 6 heteroatoms. The van der Waals surface area contributed by atoms with Gasteiger partial charge in [0.1, 0.15) is 12.1 Å². The summed E-state index contributed by atoms with van der Waals surface area (Å²) in [6.45, 7) is 2.65. The van der Waals surface area contributed by atoms with Gasteiger partial charge in [-0.25, -0.2) is 9.97 Å². The van der Waals surface area contributed by atoms with E-state index in [1.165, 1.54) is 25.6 Å². The molecule has 0 aliphatic heterocycles. The fourth-order valence-corrected chi connectivity index (χ4v) is 2.11. The number of rotatable bonds is 7. The standard InChI is InChI=1S/C13H21N5O/c1-2-3-4-5-6-10(19)7-18-8-11-12(14)15-9-16-13(11)17-18/h8-10,19H,2-7H2,1H3,(H2,14,15,16,17). The molecule has 0 aliphatic rings. The summed E-state index contributed by atoms with van der Waals surface area (Å²) in [7, 11) is 0. The Balaban J connectivity index is 1.92. The topological polar surface area (TPSA) is 89.8 Å². The quantitative estimate of drug-likeness (QED) is 0.743. The molecule has 3 N–H and O–H groups in total. The normalized spacial score (nSPS) is 12.9. The zero-order chi connectivity index (χ0) is 13.7. The summed E-state index contributed by atoms with van der Waals surface area (Å²) >= 11 is 0. The molecule has 0 bridgehead atoms. The molecule has 6 nitrogen and oxygen atoms in total. The van der Waals surface area contributed by atoms with Crippen molar-refractivity contribution in [2.75, 3.05) is 5.73 Å². The highest BCUT2D eigenvalue weighted by atomic mass is 16.3. The molecular formula is C13H21N5O. The maximum atomic E-state index is 9.97. The largest absolute Gasteiger partial charge is 0.391 e. The summed E-state index contributed by atoms with van der Waals surface area (Å²) in [5, 5.41) is 15.0. The Morgan fingerprint density at radius 3 is 2.89 bits per heavy atom. The molecule has 2 rings (SSSR count). The van der Waals surface area contributed by atoms with E-state index in [0.29, 0.717) is 18.0 Å². The van der Waals surface area contributed by atoms with E-state index in [0.717, 1.165) is 18.2 Å². The number of aromatic nitrogens is 4. The Morgan fingerprint density at radius 2 is 2.16 bits per heavy atom. The van der Waals surface area contributed by atoms with Gasteiger partial charge < -0.3 is 10.8 Å². The molecule has 19 heavy (non-hydrogen) atoms. The average molecular weight is 263 g/mol. The number of nitrogen functional groups attached to an aromatic ring is 1. The van der Waals surface area contributed by atoms with Gasteiger partial charge in [0, 0.05) is 6.20 Å². The molecule has 0 radical (unpaired) electrons. The molecule has 0 amide bonds. The van der Waals surface area contributed by atoms with Crippen molar-refractivity contribution in [2.45, 2.75) is 51.7 Å². The second-order valence-electron chi connectivity index (χ2n) is 4.85. The Bertz CT molecular complexity index is 525. The second kappa shape index (κ2) is 6.47. The van der Waals surface area contributed by atoms with Gasteiger partial charge in [-0.1, -0.05) is 32.6 Å². The summed E-state index contributed by atoms with van der Waals surface area (Å²) in [6, 6.07) is 0. The Labute approximate surface area is 112 Å². The van der Waals surface area contributed by atoms with E-state index >= 15 is 0 Å². The zero-order valence-corrected chi connectivity index (χ0v) is 11.3. The molecule has 2 heterocycles. The first-order chi connectivity index (χ1) is 9.20. The zero-order valence-electron chi connectivity index (χ0n) is 11.3. The first-order valence-electron chi connectivity index (χ1n) is 6.82. The van der Waals surface area contributed by atoms with E-state index in [2.05, 4.69) is 22.0 Å². The van der Waals surface area contributed by atoms with Gasteiger partial charge in [0.05, 0.1) is 18.0 Å². The summed E-state index contributed by atoms with van der Waals surface area (Å²) < 4.78 is 1.69. The van der Waals surface area contributed by atoms with Crippen LogP contribution in [0.2, 0.25) is 0 Å². The monoisotopic (exact) mass is 263 g/mol. The van der Waals surface area contributed by atoms with Crippen molar-refractivity contribution >= 4 is 16.9 Å². The fraction of sp³-hybridized carbons (Fsp3) is 0.615. The second-order valence-corrected chi connectivity index (χ2v) is 4.85. The SMILES string of the molecule is CCCCCCC(O)Cn1cc2c(N)ncnc2n1. The molecule has 1 atom stereocenters. The van der Waals surface area contributed by atoms with Crippen molar-refractivity contribution in [1.29, 1.82) is 0 Å². The molecule has 0 saturated carbocycles. The number of aliphatic hydroxyl groups is 1. The minimum atomic E-state index is -0.375. The molecule has 0 saturated heterocycles. The van der Waals surface area contributed by atoms with E-state index in [1.54, 1.807) is 10.9 Å². The lowest BCUT2D eigenvalue weighted by Gasteiger charge is -2.09. The van der Waals surface area contributed by atoms with E-state index in [1.807, 2.05) is 0 Å². The number of nitrogens with two attached hydrogens (primary N) is 1. The predicted molar refractivity (Wildman–Crippen MR) is 74.5 cm³/mol. The van der Waals surface area contributed by atoms with Gasteiger partial charge in [-0.15, -0.1) is 0 Å². The van der Waals surface area contributed by atoms with Crippen molar-refractivity contribution in [3.05, 3.63) is 12.5 Å². The highest BCUT2D eigenvalue weighted by Gasteiger charge is 2.09. The molecule has 104 valence electrons. The lowest BCUT2D eigenvalue weighted by molar-refractivity contribution is 0.136. The average Bonchev–Trinajstić information content (AvgIpc) is 2.79. The molecule has 0 spiro atoms. The van der Waals surface area contributed by atoms with Crippen LogP contribution in [0.1, 0.15) is 39.0 Å². The minimum Gasteiger partial charge on any atom is -0.391 e. The summed E-state index contributed by atoms with van der Waals surface area (Å²) in [4.78, 5) is 7.97. The van der Waals surface area contributed by atoms with Gasteiger partial charge in [-0.05, 0) is 6.42 Å². The number of nitrogens with zero attached hydrogens (tertiary/aromatic N) is 4. The van der Waals surface area contributed by atoms with Gasteiger partial charge in [-0.3, -0.25) is 4.68 Å². The lowest BCUT2D eigenvalue weighted by atomic mass is 10.1. The maximum absolute atomic E-state index is 9.97. The molecule has 2 aromatic rings. The van der Waals surface area contributed by atoms with Crippen LogP contribution in [0.3, 0.4) is 0 Å². The summed E-state index contributed by atoms with van der Waals surface area (Å²) in [5.41, 5.74) is 6.32. The van der Waals surface area contributed by atoms with Crippen molar-refractivity contribution in [3.63, 3.8) is 0 Å². The number of anilines is 1. The van der Waals surface area contributed by atoms with Crippen molar-refractivity contribution in [2.24, 2.45) is 0 Å². The van der Waals surface area contributed by atoms with Crippen LogP contribution in [0.15, 0.2) is 12.5 Å². The molecule has 0 fully saturated rings. The smallest absolute Gasteiger partial charge is 0.186 e. The number of hydrogen-bond donors (Lipinski definition) is 2. The van der Waals surface area contributed by atoms with Crippen LogP contribution in [-0.2, 0) is 6.54 Å². The molecule has 2 aromatic heterocycles. The minimum absolute atomic E-state index is 0.375. The number of hydrogen-bond acceptors (Lipinski definition) is 5. The third-order valence-corrected chi connectivity index (χ3v) is 3.18. The van der Waals surface area contributed by atoms with Gasteiger partial charge >= 0.3 is 0 Å². The molecule has 0 aromatic carbocycles. The van der Waals surface area contributed by atoms with Gasteiger partial charge in [-0.2, -0.15) is 5.10 Å². The van der Waals surface area contributed by atoms with Crippen LogP contribution in [0.5, 0.6) is 0 Å². The number of aliphatic hydroxyl groups excluding tert-OH is 1. The van der Waals surface area contributed by atoms with Crippen molar-refractivity contribution < 1.29 is 5.11 Å². The fourth-order valence-electron chi connectivity index (χ4n) is 2.11. The van der Waals surface area contributed by atoms with E-state index < -0.39 is 0 Å². The van der Waals surface area contributed by atoms with Crippen molar-refractivity contribution in [3.8, 4) is 0 Å². The van der Waals surface area contributed by atoms with Gasteiger partial charge in [0.2, 0.25) is 0 Å². The highest BCUT2D eigenvalue weighted by Crippen LogP contribution is 2.15. The summed E-state index contributed by atoms with van der Waals surface area (Å²) in [5.74, 6) is 0.425. The molecule has 0 aliphatic carbocycles. The number of unbranched alkanes of at least 4 members (excludes halogenated alkanes) is 3. The van der Waals surface area contributed by atoms with Gasteiger partial charge in [0.25, 0.3) is 0 Å². The summed E-state index contributed by atoms with van der Waals surface area (Å²) in [6.07, 6.45) is 8.28. The van der Waals surface area contributed by atoms with Crippen LogP contribution >= 0.6 is 0 Å². The van der Waals surface area contributed by atoms with Crippen molar-refractivity contribution in [1.82, 2.24) is 19.7 Å². The highest BCUT2D eigenvalue weighted by molar-refractivity contribution is 5.84. The Morgan fingerprint density at radius 1 is 1.32 bits per heavy atom. The van der Waals surface area contributed by atoms with E-state index in [-0.39, 0.29) is 6.10 Å². The van der Waals surface area contributed by atoms with Crippen LogP contribution in [0, 0.1) is 0 Å². The maximum Gasteiger partial charge on any atom is 0.186 e. The Kier molecular flexibility index (Phi) is 4.68. The van der Waals surface area contributed by atoms with E-state index in [4.69, 9.17) is 5.73 Å². The number of fused-ring (bicyclic) bond motifs is 1. The van der Waals surface area contributed by atoms with Crippen LogP contribution in [0.25, 0.3) is 11.0 Å². The van der Waals surface area contributed by atoms with Crippen LogP contribution in [0.4, 0.5) is 5.82 Å². The molecule has 1 unspecified atom stereocenters. The third-order valence-electron chi connectivity index (χ3n) is 3.18. The van der Waals surface area contributed by atoms with E-state index in [9.17, 15) is 5.11 Å². The van der Waals surface area contributed by atoms with Gasteiger partial charge in [0.15, 0.2) is 5.65 Å².